The molecule has 0 bridgehead atoms. The van der Waals surface area contributed by atoms with E-state index in [2.05, 4.69) is 15.9 Å². The zero-order valence-corrected chi connectivity index (χ0v) is 14.4. The van der Waals surface area contributed by atoms with Gasteiger partial charge in [-0.2, -0.15) is 4.31 Å². The molecule has 0 unspecified atom stereocenters. The first kappa shape index (κ1) is 16.1. The Morgan fingerprint density at radius 1 is 1.35 bits per heavy atom. The summed E-state index contributed by atoms with van der Waals surface area (Å²) in [4.78, 5) is 0.241. The molecule has 1 heterocycles. The minimum atomic E-state index is -3.57. The summed E-state index contributed by atoms with van der Waals surface area (Å²) in [6, 6.07) is 3.48. The van der Waals surface area contributed by atoms with Crippen molar-refractivity contribution in [2.45, 2.75) is 18.4 Å². The highest BCUT2D eigenvalue weighted by Gasteiger charge is 2.30. The summed E-state index contributed by atoms with van der Waals surface area (Å²) in [6.45, 7) is 2.73. The van der Waals surface area contributed by atoms with E-state index >= 15 is 0 Å². The standard InChI is InChI=1S/C12H17BrN2O3S2/c1-9-6-10(8-14)7-11(12(9)13)20(17,18)15-2-4-19(16)5-3-15/h6-7H,2-5,8,14H2,1H3. The van der Waals surface area contributed by atoms with Crippen LogP contribution in [0.2, 0.25) is 0 Å². The number of nitrogens with two attached hydrogens (primary N) is 1. The van der Waals surface area contributed by atoms with Gasteiger partial charge in [-0.15, -0.1) is 0 Å². The SMILES string of the molecule is Cc1cc(CN)cc(S(=O)(=O)N2CCS(=O)CC2)c1Br. The van der Waals surface area contributed by atoms with Gasteiger partial charge >= 0.3 is 0 Å². The van der Waals surface area contributed by atoms with Gasteiger partial charge in [-0.1, -0.05) is 6.07 Å². The first-order valence-corrected chi connectivity index (χ1v) is 9.92. The van der Waals surface area contributed by atoms with Gasteiger partial charge in [0, 0.05) is 46.4 Å². The molecule has 20 heavy (non-hydrogen) atoms. The van der Waals surface area contributed by atoms with E-state index < -0.39 is 20.8 Å². The van der Waals surface area contributed by atoms with Crippen molar-refractivity contribution < 1.29 is 12.6 Å². The fourth-order valence-corrected chi connectivity index (χ4v) is 5.87. The molecule has 1 aliphatic rings. The first-order valence-electron chi connectivity index (χ1n) is 6.20. The Bertz CT molecular complexity index is 636. The number of sulfonamides is 1. The van der Waals surface area contributed by atoms with Gasteiger partial charge in [0.25, 0.3) is 0 Å². The molecule has 0 radical (unpaired) electrons. The highest BCUT2D eigenvalue weighted by molar-refractivity contribution is 9.10. The highest BCUT2D eigenvalue weighted by atomic mass is 79.9. The number of hydrogen-bond donors (Lipinski definition) is 1. The van der Waals surface area contributed by atoms with E-state index in [-0.39, 0.29) is 4.90 Å². The highest BCUT2D eigenvalue weighted by Crippen LogP contribution is 2.30. The molecule has 0 aliphatic carbocycles. The molecule has 8 heteroatoms. The Morgan fingerprint density at radius 2 is 1.95 bits per heavy atom. The van der Waals surface area contributed by atoms with Crippen LogP contribution in [0, 0.1) is 6.92 Å². The lowest BCUT2D eigenvalue weighted by atomic mass is 10.1. The van der Waals surface area contributed by atoms with Crippen LogP contribution in [0.4, 0.5) is 0 Å². The lowest BCUT2D eigenvalue weighted by molar-refractivity contribution is 0.438. The molecular weight excluding hydrogens is 364 g/mol. The number of nitrogens with zero attached hydrogens (tertiary/aromatic N) is 1. The fraction of sp³-hybridized carbons (Fsp3) is 0.500. The summed E-state index contributed by atoms with van der Waals surface area (Å²) in [6.07, 6.45) is 0. The van der Waals surface area contributed by atoms with E-state index in [9.17, 15) is 12.6 Å². The van der Waals surface area contributed by atoms with E-state index in [4.69, 9.17) is 5.73 Å². The van der Waals surface area contributed by atoms with Crippen molar-refractivity contribution in [2.75, 3.05) is 24.6 Å². The van der Waals surface area contributed by atoms with Crippen LogP contribution in [0.15, 0.2) is 21.5 Å². The third kappa shape index (κ3) is 3.14. The topological polar surface area (TPSA) is 80.5 Å². The second-order valence-electron chi connectivity index (χ2n) is 4.68. The van der Waals surface area contributed by atoms with Crippen molar-refractivity contribution in [1.82, 2.24) is 4.31 Å². The van der Waals surface area contributed by atoms with E-state index in [1.165, 1.54) is 4.31 Å². The van der Waals surface area contributed by atoms with Crippen molar-refractivity contribution in [1.29, 1.82) is 0 Å². The maximum atomic E-state index is 12.7. The molecule has 2 N–H and O–H groups in total. The van der Waals surface area contributed by atoms with Crippen LogP contribution in [0.25, 0.3) is 0 Å². The Morgan fingerprint density at radius 3 is 2.50 bits per heavy atom. The fourth-order valence-electron chi connectivity index (χ4n) is 2.12. The predicted octanol–water partition coefficient (Wildman–Crippen LogP) is 0.969. The molecule has 0 saturated carbocycles. The minimum Gasteiger partial charge on any atom is -0.326 e. The summed E-state index contributed by atoms with van der Waals surface area (Å²) in [5, 5.41) is 0. The van der Waals surface area contributed by atoms with Crippen LogP contribution in [0.1, 0.15) is 11.1 Å². The van der Waals surface area contributed by atoms with Gasteiger partial charge in [0.05, 0.1) is 4.90 Å². The zero-order chi connectivity index (χ0) is 14.9. The summed E-state index contributed by atoms with van der Waals surface area (Å²) in [7, 11) is -4.48. The van der Waals surface area contributed by atoms with E-state index in [1.807, 2.05) is 13.0 Å². The van der Waals surface area contributed by atoms with Gasteiger partial charge in [-0.05, 0) is 40.0 Å². The maximum absolute atomic E-state index is 12.7. The van der Waals surface area contributed by atoms with Gasteiger partial charge < -0.3 is 5.73 Å². The lowest BCUT2D eigenvalue weighted by Crippen LogP contribution is -2.41. The monoisotopic (exact) mass is 380 g/mol. The summed E-state index contributed by atoms with van der Waals surface area (Å²) in [5.41, 5.74) is 7.24. The van der Waals surface area contributed by atoms with Crippen LogP contribution in [-0.4, -0.2) is 41.5 Å². The second-order valence-corrected chi connectivity index (χ2v) is 9.08. The van der Waals surface area contributed by atoms with Gasteiger partial charge in [0.2, 0.25) is 10.0 Å². The van der Waals surface area contributed by atoms with Crippen molar-refractivity contribution in [3.8, 4) is 0 Å². The summed E-state index contributed by atoms with van der Waals surface area (Å²) < 4.78 is 38.7. The molecule has 0 atom stereocenters. The molecule has 1 aliphatic heterocycles. The van der Waals surface area contributed by atoms with Crippen molar-refractivity contribution >= 4 is 36.8 Å². The average Bonchev–Trinajstić information content (AvgIpc) is 2.42. The van der Waals surface area contributed by atoms with Crippen molar-refractivity contribution in [2.24, 2.45) is 5.73 Å². The molecule has 112 valence electrons. The van der Waals surface area contributed by atoms with Gasteiger partial charge in [0.1, 0.15) is 0 Å². The summed E-state index contributed by atoms with van der Waals surface area (Å²) >= 11 is 3.35. The van der Waals surface area contributed by atoms with E-state index in [0.717, 1.165) is 11.1 Å². The molecular formula is C12H17BrN2O3S2. The first-order chi connectivity index (χ1) is 9.36. The lowest BCUT2D eigenvalue weighted by Gasteiger charge is -2.26. The van der Waals surface area contributed by atoms with Crippen LogP contribution >= 0.6 is 15.9 Å². The number of benzene rings is 1. The molecule has 1 saturated heterocycles. The molecule has 0 amide bonds. The molecule has 2 rings (SSSR count). The third-order valence-corrected chi connectivity index (χ3v) is 7.78. The molecule has 1 aromatic rings. The van der Waals surface area contributed by atoms with Crippen LogP contribution in [-0.2, 0) is 27.4 Å². The molecule has 0 aromatic heterocycles. The van der Waals surface area contributed by atoms with Gasteiger partial charge in [-0.3, -0.25) is 4.21 Å². The summed E-state index contributed by atoms with van der Waals surface area (Å²) in [5.74, 6) is 0.790. The average molecular weight is 381 g/mol. The predicted molar refractivity (Wildman–Crippen MR) is 83.4 cm³/mol. The molecule has 0 spiro atoms. The number of hydrogen-bond acceptors (Lipinski definition) is 4. The molecule has 1 fully saturated rings. The maximum Gasteiger partial charge on any atom is 0.244 e. The normalized spacial score (nSPS) is 18.4. The van der Waals surface area contributed by atoms with Gasteiger partial charge in [-0.25, -0.2) is 8.42 Å². The number of halogens is 1. The Balaban J connectivity index is 2.44. The third-order valence-electron chi connectivity index (χ3n) is 3.27. The van der Waals surface area contributed by atoms with Crippen molar-refractivity contribution in [3.63, 3.8) is 0 Å². The minimum absolute atomic E-state index is 0.241. The Kier molecular flexibility index (Phi) is 5.01. The largest absolute Gasteiger partial charge is 0.326 e. The quantitative estimate of drug-likeness (QED) is 0.846. The smallest absolute Gasteiger partial charge is 0.244 e. The van der Waals surface area contributed by atoms with Crippen LogP contribution in [0.5, 0.6) is 0 Å². The van der Waals surface area contributed by atoms with Gasteiger partial charge in [0.15, 0.2) is 0 Å². The number of rotatable bonds is 3. The van der Waals surface area contributed by atoms with E-state index in [0.29, 0.717) is 35.6 Å². The van der Waals surface area contributed by atoms with Crippen LogP contribution in [0.3, 0.4) is 0 Å². The van der Waals surface area contributed by atoms with Crippen LogP contribution < -0.4 is 5.73 Å². The molecule has 5 nitrogen and oxygen atoms in total. The Labute approximate surface area is 130 Å². The second kappa shape index (κ2) is 6.23. The Hall–Kier alpha value is -0.280. The molecule has 1 aromatic carbocycles. The number of aryl methyl sites for hydroxylation is 1. The van der Waals surface area contributed by atoms with Crippen molar-refractivity contribution in [3.05, 3.63) is 27.7 Å². The van der Waals surface area contributed by atoms with E-state index in [1.54, 1.807) is 6.07 Å². The zero-order valence-electron chi connectivity index (χ0n) is 11.1.